The highest BCUT2D eigenvalue weighted by molar-refractivity contribution is 5.70. The number of imidazole rings is 1. The van der Waals surface area contributed by atoms with Crippen LogP contribution in [-0.2, 0) is 17.8 Å². The van der Waals surface area contributed by atoms with E-state index in [1.807, 2.05) is 0 Å². The van der Waals surface area contributed by atoms with Gasteiger partial charge < -0.3 is 5.11 Å². The first-order chi connectivity index (χ1) is 9.40. The molecule has 20 heavy (non-hydrogen) atoms. The molecule has 0 aliphatic carbocycles. The molecule has 2 rings (SSSR count). The number of hydrogen-bond donors (Lipinski definition) is 1. The van der Waals surface area contributed by atoms with Gasteiger partial charge in [0.25, 0.3) is 0 Å². The highest BCUT2D eigenvalue weighted by Gasteiger charge is 2.17. The molecule has 108 valence electrons. The largest absolute Gasteiger partial charge is 0.481 e. The van der Waals surface area contributed by atoms with Crippen molar-refractivity contribution in [2.24, 2.45) is 0 Å². The number of carbonyl (C=O) groups is 1. The molecule has 0 atom stereocenters. The summed E-state index contributed by atoms with van der Waals surface area (Å²) in [5, 5.41) is 13.0. The Bertz CT molecular complexity index is 633. The topological polar surface area (TPSA) is 72.9 Å². The number of carboxylic acid groups (broad SMARTS) is 1. The number of rotatable bonds is 5. The first-order valence-corrected chi connectivity index (χ1v) is 5.94. The summed E-state index contributed by atoms with van der Waals surface area (Å²) in [5.41, 5.74) is 1.83. The van der Waals surface area contributed by atoms with Gasteiger partial charge in [0.15, 0.2) is 0 Å². The number of aliphatic carboxylic acids is 1. The summed E-state index contributed by atoms with van der Waals surface area (Å²) < 4.78 is 27.7. The van der Waals surface area contributed by atoms with Crippen LogP contribution in [0.5, 0.6) is 0 Å². The van der Waals surface area contributed by atoms with E-state index in [9.17, 15) is 13.6 Å². The van der Waals surface area contributed by atoms with Crippen LogP contribution in [-0.4, -0.2) is 30.4 Å². The standard InChI is InChI=1S/C12H14F2N4O2/c1-7-9(5-11(19)20)8(2)18(16-7)6-10-15-3-4-17(10)12(13)14/h3-4,12H,5-6H2,1-2H3,(H,19,20). The van der Waals surface area contributed by atoms with E-state index in [0.29, 0.717) is 17.0 Å². The molecule has 0 aliphatic heterocycles. The van der Waals surface area contributed by atoms with Crippen molar-refractivity contribution in [3.63, 3.8) is 0 Å². The maximum absolute atomic E-state index is 12.7. The van der Waals surface area contributed by atoms with E-state index in [0.717, 1.165) is 4.57 Å². The smallest absolute Gasteiger partial charge is 0.319 e. The predicted molar refractivity (Wildman–Crippen MR) is 65.6 cm³/mol. The van der Waals surface area contributed by atoms with E-state index in [4.69, 9.17) is 5.11 Å². The monoisotopic (exact) mass is 284 g/mol. The van der Waals surface area contributed by atoms with Crippen LogP contribution >= 0.6 is 0 Å². The molecule has 0 aromatic carbocycles. The third kappa shape index (κ3) is 2.68. The molecule has 0 saturated carbocycles. The van der Waals surface area contributed by atoms with Crippen LogP contribution < -0.4 is 0 Å². The Balaban J connectivity index is 2.30. The molecule has 8 heteroatoms. The molecule has 0 spiro atoms. The highest BCUT2D eigenvalue weighted by Crippen LogP contribution is 2.17. The summed E-state index contributed by atoms with van der Waals surface area (Å²) in [6.07, 6.45) is 2.36. The maximum Gasteiger partial charge on any atom is 0.319 e. The van der Waals surface area contributed by atoms with Gasteiger partial charge in [0.2, 0.25) is 0 Å². The lowest BCUT2D eigenvalue weighted by molar-refractivity contribution is -0.136. The van der Waals surface area contributed by atoms with Crippen LogP contribution in [0, 0.1) is 13.8 Å². The van der Waals surface area contributed by atoms with E-state index in [1.54, 1.807) is 13.8 Å². The molecule has 0 bridgehead atoms. The molecule has 0 radical (unpaired) electrons. The second-order valence-electron chi connectivity index (χ2n) is 4.41. The molecule has 0 amide bonds. The quantitative estimate of drug-likeness (QED) is 0.908. The van der Waals surface area contributed by atoms with Gasteiger partial charge in [-0.15, -0.1) is 0 Å². The summed E-state index contributed by atoms with van der Waals surface area (Å²) in [6.45, 7) is 0.821. The average molecular weight is 284 g/mol. The van der Waals surface area contributed by atoms with Crippen LogP contribution in [0.1, 0.15) is 29.3 Å². The van der Waals surface area contributed by atoms with Crippen LogP contribution in [0.4, 0.5) is 8.78 Å². The fourth-order valence-electron chi connectivity index (χ4n) is 2.07. The van der Waals surface area contributed by atoms with E-state index >= 15 is 0 Å². The minimum atomic E-state index is -2.66. The SMILES string of the molecule is Cc1nn(Cc2nccn2C(F)F)c(C)c1CC(=O)O. The van der Waals surface area contributed by atoms with E-state index < -0.39 is 12.5 Å². The third-order valence-electron chi connectivity index (χ3n) is 3.11. The molecule has 2 aromatic rings. The van der Waals surface area contributed by atoms with E-state index in [-0.39, 0.29) is 18.8 Å². The van der Waals surface area contributed by atoms with Crippen molar-refractivity contribution < 1.29 is 18.7 Å². The number of halogens is 2. The first kappa shape index (κ1) is 14.2. The Morgan fingerprint density at radius 2 is 2.15 bits per heavy atom. The zero-order valence-electron chi connectivity index (χ0n) is 11.0. The molecule has 1 N–H and O–H groups in total. The fourth-order valence-corrected chi connectivity index (χ4v) is 2.07. The van der Waals surface area contributed by atoms with Gasteiger partial charge in [-0.25, -0.2) is 4.98 Å². The predicted octanol–water partition coefficient (Wildman–Crippen LogP) is 1.77. The van der Waals surface area contributed by atoms with Crippen LogP contribution in [0.2, 0.25) is 0 Å². The number of carboxylic acids is 1. The van der Waals surface area contributed by atoms with Crippen LogP contribution in [0.3, 0.4) is 0 Å². The van der Waals surface area contributed by atoms with Crippen LogP contribution in [0.15, 0.2) is 12.4 Å². The number of alkyl halides is 2. The minimum Gasteiger partial charge on any atom is -0.481 e. The number of hydrogen-bond acceptors (Lipinski definition) is 3. The van der Waals surface area contributed by atoms with Crippen molar-refractivity contribution in [3.05, 3.63) is 35.2 Å². The Hall–Kier alpha value is -2.25. The maximum atomic E-state index is 12.7. The molecular formula is C12H14F2N4O2. The second kappa shape index (κ2) is 5.40. The van der Waals surface area contributed by atoms with Crippen molar-refractivity contribution in [2.75, 3.05) is 0 Å². The summed E-state index contributed by atoms with van der Waals surface area (Å²) in [6, 6.07) is 0. The van der Waals surface area contributed by atoms with Crippen molar-refractivity contribution in [1.29, 1.82) is 0 Å². The molecule has 0 saturated heterocycles. The third-order valence-corrected chi connectivity index (χ3v) is 3.11. The molecule has 2 heterocycles. The van der Waals surface area contributed by atoms with Crippen LogP contribution in [0.25, 0.3) is 0 Å². The van der Waals surface area contributed by atoms with Gasteiger partial charge >= 0.3 is 12.5 Å². The minimum absolute atomic E-state index is 0.0730. The zero-order valence-corrected chi connectivity index (χ0v) is 11.0. The molecule has 0 fully saturated rings. The Morgan fingerprint density at radius 3 is 2.75 bits per heavy atom. The number of aromatic nitrogens is 4. The van der Waals surface area contributed by atoms with Crippen molar-refractivity contribution in [2.45, 2.75) is 33.4 Å². The molecule has 2 aromatic heterocycles. The van der Waals surface area contributed by atoms with Gasteiger partial charge in [0.1, 0.15) is 5.82 Å². The number of aryl methyl sites for hydroxylation is 1. The summed E-state index contributed by atoms with van der Waals surface area (Å²) in [4.78, 5) is 14.7. The van der Waals surface area contributed by atoms with Gasteiger partial charge in [-0.2, -0.15) is 13.9 Å². The van der Waals surface area contributed by atoms with Gasteiger partial charge in [0.05, 0.1) is 18.7 Å². The van der Waals surface area contributed by atoms with Crippen molar-refractivity contribution in [1.82, 2.24) is 19.3 Å². The summed E-state index contributed by atoms with van der Waals surface area (Å²) in [5.74, 6) is -0.780. The zero-order chi connectivity index (χ0) is 14.9. The van der Waals surface area contributed by atoms with Gasteiger partial charge in [0, 0.05) is 23.7 Å². The molecular weight excluding hydrogens is 270 g/mol. The summed E-state index contributed by atoms with van der Waals surface area (Å²) in [7, 11) is 0. The lowest BCUT2D eigenvalue weighted by Crippen LogP contribution is -2.11. The Morgan fingerprint density at radius 1 is 1.45 bits per heavy atom. The van der Waals surface area contributed by atoms with Gasteiger partial charge in [-0.05, 0) is 13.8 Å². The lowest BCUT2D eigenvalue weighted by atomic mass is 10.1. The van der Waals surface area contributed by atoms with Crippen molar-refractivity contribution in [3.8, 4) is 0 Å². The Kier molecular flexibility index (Phi) is 3.82. The normalized spacial score (nSPS) is 11.2. The molecule has 6 nitrogen and oxygen atoms in total. The lowest BCUT2D eigenvalue weighted by Gasteiger charge is -2.08. The van der Waals surface area contributed by atoms with E-state index in [2.05, 4.69) is 10.1 Å². The molecule has 0 aliphatic rings. The highest BCUT2D eigenvalue weighted by atomic mass is 19.3. The van der Waals surface area contributed by atoms with Gasteiger partial charge in [-0.3, -0.25) is 14.0 Å². The van der Waals surface area contributed by atoms with E-state index in [1.165, 1.54) is 17.1 Å². The first-order valence-electron chi connectivity index (χ1n) is 5.94. The second-order valence-corrected chi connectivity index (χ2v) is 4.41. The van der Waals surface area contributed by atoms with Crippen molar-refractivity contribution >= 4 is 5.97 Å². The van der Waals surface area contributed by atoms with Gasteiger partial charge in [-0.1, -0.05) is 0 Å². The number of nitrogens with zero attached hydrogens (tertiary/aromatic N) is 4. The molecule has 0 unspecified atom stereocenters. The average Bonchev–Trinajstić information content (AvgIpc) is 2.90. The summed E-state index contributed by atoms with van der Waals surface area (Å²) >= 11 is 0. The fraction of sp³-hybridized carbons (Fsp3) is 0.417. The Labute approximate surface area is 113 Å².